The molecule has 0 bridgehead atoms. The van der Waals surface area contributed by atoms with E-state index in [-0.39, 0.29) is 18.3 Å². The van der Waals surface area contributed by atoms with Crippen molar-refractivity contribution in [2.24, 2.45) is 5.73 Å². The van der Waals surface area contributed by atoms with Crippen LogP contribution < -0.4 is 10.6 Å². The number of pyridine rings is 1. The molecule has 0 aliphatic carbocycles. The number of imidazole rings is 1. The number of amides is 2. The Morgan fingerprint density at radius 3 is 2.78 bits per heavy atom. The van der Waals surface area contributed by atoms with E-state index in [4.69, 9.17) is 10.5 Å². The SMILES string of the molecule is COCC(=O)N(C)c1ccc2c(c1)nc(C(N)=O)n2CCc1cccnc1. The Labute approximate surface area is 156 Å². The fraction of sp³-hybridized carbons (Fsp3) is 0.263. The van der Waals surface area contributed by atoms with Crippen LogP contribution in [0.25, 0.3) is 11.0 Å². The van der Waals surface area contributed by atoms with Gasteiger partial charge in [0.1, 0.15) is 6.61 Å². The van der Waals surface area contributed by atoms with Gasteiger partial charge in [-0.25, -0.2) is 4.98 Å². The quantitative estimate of drug-likeness (QED) is 0.679. The van der Waals surface area contributed by atoms with Crippen molar-refractivity contribution in [3.05, 3.63) is 54.1 Å². The molecule has 2 heterocycles. The van der Waals surface area contributed by atoms with E-state index >= 15 is 0 Å². The number of anilines is 1. The van der Waals surface area contributed by atoms with Crippen molar-refractivity contribution < 1.29 is 14.3 Å². The van der Waals surface area contributed by atoms with E-state index in [2.05, 4.69) is 9.97 Å². The van der Waals surface area contributed by atoms with E-state index < -0.39 is 5.91 Å². The second kappa shape index (κ2) is 7.96. The van der Waals surface area contributed by atoms with Gasteiger partial charge in [-0.05, 0) is 36.2 Å². The van der Waals surface area contributed by atoms with Gasteiger partial charge in [0.2, 0.25) is 0 Å². The zero-order valence-electron chi connectivity index (χ0n) is 15.3. The molecule has 27 heavy (non-hydrogen) atoms. The highest BCUT2D eigenvalue weighted by atomic mass is 16.5. The molecule has 0 aliphatic rings. The Balaban J connectivity index is 1.94. The van der Waals surface area contributed by atoms with Crippen LogP contribution in [0.5, 0.6) is 0 Å². The number of hydrogen-bond donors (Lipinski definition) is 1. The number of primary amides is 1. The zero-order valence-corrected chi connectivity index (χ0v) is 15.3. The molecule has 0 radical (unpaired) electrons. The van der Waals surface area contributed by atoms with Gasteiger partial charge in [0.25, 0.3) is 11.8 Å². The molecule has 0 aliphatic heterocycles. The third-order valence-electron chi connectivity index (χ3n) is 4.33. The van der Waals surface area contributed by atoms with Gasteiger partial charge in [0, 0.05) is 38.8 Å². The molecule has 8 heteroatoms. The van der Waals surface area contributed by atoms with Crippen molar-refractivity contribution in [1.29, 1.82) is 0 Å². The van der Waals surface area contributed by atoms with Gasteiger partial charge in [-0.15, -0.1) is 0 Å². The van der Waals surface area contributed by atoms with Gasteiger partial charge < -0.3 is 19.9 Å². The number of nitrogens with two attached hydrogens (primary N) is 1. The van der Waals surface area contributed by atoms with Crippen LogP contribution >= 0.6 is 0 Å². The van der Waals surface area contributed by atoms with Crippen LogP contribution in [0.15, 0.2) is 42.7 Å². The zero-order chi connectivity index (χ0) is 19.4. The third kappa shape index (κ3) is 3.95. The number of carbonyl (C=O) groups excluding carboxylic acids is 2. The van der Waals surface area contributed by atoms with Crippen LogP contribution in [-0.4, -0.2) is 47.1 Å². The number of ether oxygens (including phenoxy) is 1. The Hall–Kier alpha value is -3.26. The second-order valence-corrected chi connectivity index (χ2v) is 6.12. The summed E-state index contributed by atoms with van der Waals surface area (Å²) < 4.78 is 6.68. The minimum atomic E-state index is -0.595. The number of hydrogen-bond acceptors (Lipinski definition) is 5. The summed E-state index contributed by atoms with van der Waals surface area (Å²) in [6, 6.07) is 9.25. The number of benzene rings is 1. The molecule has 2 aromatic heterocycles. The first-order valence-corrected chi connectivity index (χ1v) is 8.45. The molecular weight excluding hydrogens is 346 g/mol. The summed E-state index contributed by atoms with van der Waals surface area (Å²) >= 11 is 0. The lowest BCUT2D eigenvalue weighted by molar-refractivity contribution is -0.121. The molecule has 3 rings (SSSR count). The molecule has 0 saturated carbocycles. The topological polar surface area (TPSA) is 103 Å². The van der Waals surface area contributed by atoms with Crippen molar-refractivity contribution in [2.75, 3.05) is 25.7 Å². The van der Waals surface area contributed by atoms with Crippen molar-refractivity contribution in [2.45, 2.75) is 13.0 Å². The number of aryl methyl sites for hydroxylation is 2. The van der Waals surface area contributed by atoms with Gasteiger partial charge in [0.15, 0.2) is 5.82 Å². The van der Waals surface area contributed by atoms with Crippen LogP contribution in [0.4, 0.5) is 5.69 Å². The predicted octanol–water partition coefficient (Wildman–Crippen LogP) is 1.38. The first-order valence-electron chi connectivity index (χ1n) is 8.45. The molecule has 2 N–H and O–H groups in total. The highest BCUT2D eigenvalue weighted by molar-refractivity contribution is 5.97. The average molecular weight is 367 g/mol. The van der Waals surface area contributed by atoms with E-state index in [1.54, 1.807) is 30.1 Å². The van der Waals surface area contributed by atoms with E-state index in [1.807, 2.05) is 24.3 Å². The van der Waals surface area contributed by atoms with Crippen molar-refractivity contribution >= 4 is 28.5 Å². The molecule has 1 aromatic carbocycles. The minimum Gasteiger partial charge on any atom is -0.375 e. The van der Waals surface area contributed by atoms with E-state index in [0.717, 1.165) is 11.1 Å². The smallest absolute Gasteiger partial charge is 0.284 e. The Morgan fingerprint density at radius 1 is 1.30 bits per heavy atom. The molecule has 3 aromatic rings. The number of likely N-dealkylation sites (N-methyl/N-ethyl adjacent to an activating group) is 1. The second-order valence-electron chi connectivity index (χ2n) is 6.12. The first kappa shape index (κ1) is 18.5. The van der Waals surface area contributed by atoms with Crippen LogP contribution in [0.3, 0.4) is 0 Å². The molecule has 0 atom stereocenters. The van der Waals surface area contributed by atoms with Crippen molar-refractivity contribution in [1.82, 2.24) is 14.5 Å². The van der Waals surface area contributed by atoms with Crippen LogP contribution in [-0.2, 0) is 22.5 Å². The Bertz CT molecular complexity index is 968. The molecule has 8 nitrogen and oxygen atoms in total. The van der Waals surface area contributed by atoms with Crippen LogP contribution in [0.2, 0.25) is 0 Å². The fourth-order valence-corrected chi connectivity index (χ4v) is 2.89. The molecule has 2 amide bonds. The number of carbonyl (C=O) groups is 2. The van der Waals surface area contributed by atoms with Crippen LogP contribution in [0.1, 0.15) is 16.2 Å². The number of methoxy groups -OCH3 is 1. The molecular formula is C19H21N5O3. The first-order chi connectivity index (χ1) is 13.0. The average Bonchev–Trinajstić information content (AvgIpc) is 3.05. The lowest BCUT2D eigenvalue weighted by atomic mass is 10.2. The number of fused-ring (bicyclic) bond motifs is 1. The van der Waals surface area contributed by atoms with Crippen LogP contribution in [0, 0.1) is 0 Å². The summed E-state index contributed by atoms with van der Waals surface area (Å²) in [7, 11) is 3.13. The lowest BCUT2D eigenvalue weighted by Gasteiger charge is -2.16. The normalized spacial score (nSPS) is 10.9. The fourth-order valence-electron chi connectivity index (χ4n) is 2.89. The van der Waals surface area contributed by atoms with Crippen molar-refractivity contribution in [3.8, 4) is 0 Å². The highest BCUT2D eigenvalue weighted by Gasteiger charge is 2.17. The van der Waals surface area contributed by atoms with E-state index in [0.29, 0.717) is 24.2 Å². The molecule has 140 valence electrons. The molecule has 0 spiro atoms. The molecule has 0 unspecified atom stereocenters. The van der Waals surface area contributed by atoms with Gasteiger partial charge in [-0.3, -0.25) is 14.6 Å². The highest BCUT2D eigenvalue weighted by Crippen LogP contribution is 2.23. The summed E-state index contributed by atoms with van der Waals surface area (Å²) in [5.74, 6) is -0.581. The minimum absolute atomic E-state index is 0.0133. The Morgan fingerprint density at radius 2 is 2.11 bits per heavy atom. The van der Waals surface area contributed by atoms with Gasteiger partial charge in [0.05, 0.1) is 11.0 Å². The number of rotatable bonds is 7. The van der Waals surface area contributed by atoms with E-state index in [1.165, 1.54) is 12.0 Å². The maximum atomic E-state index is 12.0. The summed E-state index contributed by atoms with van der Waals surface area (Å²) in [5, 5.41) is 0. The summed E-state index contributed by atoms with van der Waals surface area (Å²) in [5.41, 5.74) is 8.62. The molecule has 0 fully saturated rings. The van der Waals surface area contributed by atoms with Gasteiger partial charge in [-0.2, -0.15) is 0 Å². The maximum Gasteiger partial charge on any atom is 0.284 e. The standard InChI is InChI=1S/C19H21N5O3/c1-23(17(25)12-27-2)14-5-6-16-15(10-14)22-19(18(20)26)24(16)9-7-13-4-3-8-21-11-13/h3-6,8,10-11H,7,9,12H2,1-2H3,(H2,20,26). The predicted molar refractivity (Wildman–Crippen MR) is 101 cm³/mol. The maximum absolute atomic E-state index is 12.0. The van der Waals surface area contributed by atoms with Gasteiger partial charge in [-0.1, -0.05) is 6.07 Å². The van der Waals surface area contributed by atoms with Crippen molar-refractivity contribution in [3.63, 3.8) is 0 Å². The third-order valence-corrected chi connectivity index (χ3v) is 4.33. The lowest BCUT2D eigenvalue weighted by Crippen LogP contribution is -2.29. The summed E-state index contributed by atoms with van der Waals surface area (Å²) in [4.78, 5) is 33.8. The number of nitrogens with zero attached hydrogens (tertiary/aromatic N) is 4. The largest absolute Gasteiger partial charge is 0.375 e. The Kier molecular flexibility index (Phi) is 5.46. The van der Waals surface area contributed by atoms with E-state index in [9.17, 15) is 9.59 Å². The summed E-state index contributed by atoms with van der Waals surface area (Å²) in [6.45, 7) is 0.527. The summed E-state index contributed by atoms with van der Waals surface area (Å²) in [6.07, 6.45) is 4.19. The van der Waals surface area contributed by atoms with Gasteiger partial charge >= 0.3 is 0 Å². The molecule has 0 saturated heterocycles. The monoisotopic (exact) mass is 367 g/mol. The number of aromatic nitrogens is 3.